The molecular formula is C58H97NO5. The number of allylic oxidation sites excluding steroid dienone is 18. The molecule has 6 nitrogen and oxygen atoms in total. The Balaban J connectivity index is 4.65. The third-order valence-electron chi connectivity index (χ3n) is 11.2. The third-order valence-corrected chi connectivity index (χ3v) is 11.2. The minimum atomic E-state index is -0.821. The van der Waals surface area contributed by atoms with Gasteiger partial charge in [-0.15, -0.1) is 0 Å². The SMILES string of the molecule is CC/C=C\C/C=C\C/C=C\C/C=C\C/C=C\CCCC(=O)OC(CCC\C=C/C=C\C=C\C=C\CC)CC(=O)NC(CO)C(O)CCCCCCCCCCCCCCCCCCC. The molecule has 0 radical (unpaired) electrons. The van der Waals surface area contributed by atoms with Crippen LogP contribution in [0, 0.1) is 0 Å². The van der Waals surface area contributed by atoms with Crippen molar-refractivity contribution >= 4 is 11.9 Å². The van der Waals surface area contributed by atoms with Gasteiger partial charge in [0.1, 0.15) is 6.10 Å². The molecule has 0 aromatic rings. The van der Waals surface area contributed by atoms with E-state index in [4.69, 9.17) is 4.74 Å². The lowest BCUT2D eigenvalue weighted by atomic mass is 10.0. The third kappa shape index (κ3) is 45.1. The van der Waals surface area contributed by atoms with E-state index in [0.717, 1.165) is 77.0 Å². The number of amides is 1. The van der Waals surface area contributed by atoms with Crippen LogP contribution in [0.25, 0.3) is 0 Å². The molecule has 364 valence electrons. The van der Waals surface area contributed by atoms with Crippen LogP contribution in [0.5, 0.6) is 0 Å². The Morgan fingerprint density at radius 2 is 0.922 bits per heavy atom. The first kappa shape index (κ1) is 60.5. The minimum Gasteiger partial charge on any atom is -0.462 e. The van der Waals surface area contributed by atoms with Crippen molar-refractivity contribution in [3.8, 4) is 0 Å². The van der Waals surface area contributed by atoms with Gasteiger partial charge in [0.15, 0.2) is 0 Å². The fourth-order valence-electron chi connectivity index (χ4n) is 7.31. The standard InChI is InChI=1S/C58H97NO5/c1-4-7-10-13-16-19-22-24-26-28-30-32-35-38-41-44-47-50-56(61)55(53-60)59-57(62)52-54(49-46-43-40-37-34-21-18-15-12-9-6-3)64-58(63)51-48-45-42-39-36-33-31-29-27-25-23-20-17-14-11-8-5-2/h8-9,11-12,15,17-18,20-21,25,27,31,33-34,37,39-40,42,54-56,60-61H,4-7,10,13-14,16,19,22-24,26,28-30,32,35-36,38,41,43-53H2,1-3H3,(H,59,62)/b11-8-,12-9+,18-15+,20-17-,27-25-,33-31-,34-21-,40-37-,42-39-. The van der Waals surface area contributed by atoms with Crippen molar-refractivity contribution in [2.24, 2.45) is 0 Å². The van der Waals surface area contributed by atoms with Crippen LogP contribution < -0.4 is 5.32 Å². The van der Waals surface area contributed by atoms with E-state index in [2.05, 4.69) is 99.0 Å². The molecule has 0 aliphatic carbocycles. The predicted molar refractivity (Wildman–Crippen MR) is 277 cm³/mol. The van der Waals surface area contributed by atoms with Gasteiger partial charge in [-0.3, -0.25) is 9.59 Å². The van der Waals surface area contributed by atoms with E-state index in [0.29, 0.717) is 19.3 Å². The Bertz CT molecular complexity index is 1320. The number of carbonyl (C=O) groups is 2. The van der Waals surface area contributed by atoms with Crippen molar-refractivity contribution in [2.75, 3.05) is 6.61 Å². The van der Waals surface area contributed by atoms with Gasteiger partial charge in [-0.05, 0) is 77.0 Å². The Morgan fingerprint density at radius 3 is 1.42 bits per heavy atom. The highest BCUT2D eigenvalue weighted by Gasteiger charge is 2.24. The zero-order valence-electron chi connectivity index (χ0n) is 41.4. The average molecular weight is 888 g/mol. The molecule has 0 aromatic carbocycles. The van der Waals surface area contributed by atoms with Crippen LogP contribution >= 0.6 is 0 Å². The Hall–Kier alpha value is -3.48. The first-order valence-corrected chi connectivity index (χ1v) is 26.2. The number of rotatable bonds is 45. The summed E-state index contributed by atoms with van der Waals surface area (Å²) in [6, 6.07) is -0.741. The Kier molecular flexibility index (Phi) is 47.8. The molecule has 0 aromatic heterocycles. The highest BCUT2D eigenvalue weighted by Crippen LogP contribution is 2.17. The summed E-state index contributed by atoms with van der Waals surface area (Å²) in [5.74, 6) is -0.621. The number of carbonyl (C=O) groups excluding carboxylic acids is 2. The van der Waals surface area contributed by atoms with Crippen LogP contribution in [0.4, 0.5) is 0 Å². The average Bonchev–Trinajstić information content (AvgIpc) is 3.29. The van der Waals surface area contributed by atoms with E-state index in [1.165, 1.54) is 89.9 Å². The Labute approximate surface area is 394 Å². The number of hydrogen-bond acceptors (Lipinski definition) is 5. The molecule has 0 heterocycles. The highest BCUT2D eigenvalue weighted by atomic mass is 16.5. The van der Waals surface area contributed by atoms with Gasteiger partial charge in [0.2, 0.25) is 5.91 Å². The van der Waals surface area contributed by atoms with Crippen molar-refractivity contribution < 1.29 is 24.5 Å². The van der Waals surface area contributed by atoms with Crippen LogP contribution in [0.1, 0.15) is 220 Å². The number of nitrogens with one attached hydrogen (secondary N) is 1. The lowest BCUT2D eigenvalue weighted by molar-refractivity contribution is -0.151. The molecule has 0 saturated heterocycles. The smallest absolute Gasteiger partial charge is 0.306 e. The lowest BCUT2D eigenvalue weighted by Crippen LogP contribution is -2.46. The maximum Gasteiger partial charge on any atom is 0.306 e. The molecule has 3 N–H and O–H groups in total. The van der Waals surface area contributed by atoms with E-state index >= 15 is 0 Å². The topological polar surface area (TPSA) is 95.9 Å². The van der Waals surface area contributed by atoms with Gasteiger partial charge < -0.3 is 20.3 Å². The fraction of sp³-hybridized carbons (Fsp3) is 0.655. The van der Waals surface area contributed by atoms with Crippen molar-refractivity contribution in [1.82, 2.24) is 5.32 Å². The summed E-state index contributed by atoms with van der Waals surface area (Å²) in [5.41, 5.74) is 0. The number of esters is 1. The zero-order valence-corrected chi connectivity index (χ0v) is 41.4. The maximum absolute atomic E-state index is 13.2. The number of hydrogen-bond donors (Lipinski definition) is 3. The molecule has 0 spiro atoms. The molecular weight excluding hydrogens is 791 g/mol. The first-order chi connectivity index (χ1) is 31.5. The van der Waals surface area contributed by atoms with Gasteiger partial charge in [0, 0.05) is 6.42 Å². The molecule has 64 heavy (non-hydrogen) atoms. The summed E-state index contributed by atoms with van der Waals surface area (Å²) in [6.45, 7) is 6.19. The molecule has 0 aliphatic heterocycles. The fourth-order valence-corrected chi connectivity index (χ4v) is 7.31. The van der Waals surface area contributed by atoms with Gasteiger partial charge >= 0.3 is 5.97 Å². The van der Waals surface area contributed by atoms with Crippen molar-refractivity contribution in [3.63, 3.8) is 0 Å². The van der Waals surface area contributed by atoms with Gasteiger partial charge in [-0.1, -0.05) is 239 Å². The van der Waals surface area contributed by atoms with E-state index in [9.17, 15) is 19.8 Å². The van der Waals surface area contributed by atoms with E-state index < -0.39 is 18.2 Å². The van der Waals surface area contributed by atoms with Crippen molar-refractivity contribution in [2.45, 2.75) is 238 Å². The van der Waals surface area contributed by atoms with Crippen LogP contribution in [0.2, 0.25) is 0 Å². The zero-order chi connectivity index (χ0) is 46.7. The normalized spacial score (nSPS) is 14.1. The van der Waals surface area contributed by atoms with Gasteiger partial charge in [0.25, 0.3) is 0 Å². The van der Waals surface area contributed by atoms with Gasteiger partial charge in [0.05, 0.1) is 25.2 Å². The molecule has 0 fully saturated rings. The number of unbranched alkanes of at least 4 members (excludes halogenated alkanes) is 18. The summed E-state index contributed by atoms with van der Waals surface area (Å²) in [5, 5.41) is 23.8. The molecule has 0 bridgehead atoms. The lowest BCUT2D eigenvalue weighted by Gasteiger charge is -2.24. The summed E-state index contributed by atoms with van der Waals surface area (Å²) in [7, 11) is 0. The van der Waals surface area contributed by atoms with Crippen LogP contribution in [0.15, 0.2) is 109 Å². The van der Waals surface area contributed by atoms with Crippen molar-refractivity contribution in [1.29, 1.82) is 0 Å². The van der Waals surface area contributed by atoms with E-state index in [-0.39, 0.29) is 31.3 Å². The minimum absolute atomic E-state index is 0.00253. The number of ether oxygens (including phenoxy) is 1. The van der Waals surface area contributed by atoms with Crippen molar-refractivity contribution in [3.05, 3.63) is 109 Å². The largest absolute Gasteiger partial charge is 0.462 e. The molecule has 3 atom stereocenters. The first-order valence-electron chi connectivity index (χ1n) is 26.2. The van der Waals surface area contributed by atoms with Crippen LogP contribution in [-0.4, -0.2) is 46.9 Å². The molecule has 0 aliphatic rings. The second-order valence-electron chi connectivity index (χ2n) is 17.3. The number of aliphatic hydroxyl groups excluding tert-OH is 2. The van der Waals surface area contributed by atoms with Crippen LogP contribution in [0.3, 0.4) is 0 Å². The van der Waals surface area contributed by atoms with E-state index in [1.807, 2.05) is 36.5 Å². The summed E-state index contributed by atoms with van der Waals surface area (Å²) >= 11 is 0. The summed E-state index contributed by atoms with van der Waals surface area (Å²) in [4.78, 5) is 26.1. The molecule has 1 amide bonds. The second kappa shape index (κ2) is 50.5. The van der Waals surface area contributed by atoms with E-state index in [1.54, 1.807) is 0 Å². The second-order valence-corrected chi connectivity index (χ2v) is 17.3. The molecule has 6 heteroatoms. The van der Waals surface area contributed by atoms with Crippen LogP contribution in [-0.2, 0) is 14.3 Å². The maximum atomic E-state index is 13.2. The quantitative estimate of drug-likeness (QED) is 0.0245. The van der Waals surface area contributed by atoms with Gasteiger partial charge in [-0.25, -0.2) is 0 Å². The summed E-state index contributed by atoms with van der Waals surface area (Å²) in [6.07, 6.45) is 68.8. The Morgan fingerprint density at radius 1 is 0.484 bits per heavy atom. The molecule has 3 unspecified atom stereocenters. The monoisotopic (exact) mass is 888 g/mol. The number of aliphatic hydroxyl groups is 2. The highest BCUT2D eigenvalue weighted by molar-refractivity contribution is 5.77. The van der Waals surface area contributed by atoms with Gasteiger partial charge in [-0.2, -0.15) is 0 Å². The predicted octanol–water partition coefficient (Wildman–Crippen LogP) is 15.9. The molecule has 0 saturated carbocycles. The summed E-state index contributed by atoms with van der Waals surface area (Å²) < 4.78 is 5.86. The molecule has 0 rings (SSSR count).